The first-order valence-corrected chi connectivity index (χ1v) is 5.56. The number of likely N-dealkylation sites (N-methyl/N-ethyl adjacent to an activating group) is 1. The molecule has 0 rings (SSSR count). The fraction of sp³-hybridized carbons (Fsp3) is 0.667. The Bertz CT molecular complexity index is 335. The molecule has 0 saturated carbocycles. The quantitative estimate of drug-likeness (QED) is 0.580. The average Bonchev–Trinajstić information content (AvgIpc) is 2.24. The van der Waals surface area contributed by atoms with Crippen LogP contribution in [0.15, 0.2) is 12.7 Å². The molecule has 1 atom stereocenters. The zero-order chi connectivity index (χ0) is 14.6. The Hall–Kier alpha value is -1.56. The summed E-state index contributed by atoms with van der Waals surface area (Å²) in [5, 5.41) is 12.3. The van der Waals surface area contributed by atoms with Gasteiger partial charge in [-0.1, -0.05) is 26.8 Å². The van der Waals surface area contributed by atoms with Crippen molar-refractivity contribution < 1.29 is 19.5 Å². The van der Waals surface area contributed by atoms with E-state index < -0.39 is 23.0 Å². The molecule has 6 heteroatoms. The summed E-state index contributed by atoms with van der Waals surface area (Å²) >= 11 is 0. The highest BCUT2D eigenvalue weighted by atomic mass is 16.7. The largest absolute Gasteiger partial charge is 0.465 e. The van der Waals surface area contributed by atoms with Gasteiger partial charge in [-0.15, -0.1) is 6.58 Å². The van der Waals surface area contributed by atoms with E-state index in [2.05, 4.69) is 11.9 Å². The van der Waals surface area contributed by atoms with E-state index in [9.17, 15) is 9.59 Å². The molecule has 2 amide bonds. The van der Waals surface area contributed by atoms with Gasteiger partial charge in [-0.2, -0.15) is 0 Å². The number of carboxylic acid groups (broad SMARTS) is 1. The third-order valence-corrected chi connectivity index (χ3v) is 2.98. The Morgan fingerprint density at radius 2 is 1.94 bits per heavy atom. The maximum Gasteiger partial charge on any atom is 0.405 e. The van der Waals surface area contributed by atoms with Crippen LogP contribution >= 0.6 is 0 Å². The van der Waals surface area contributed by atoms with Crippen LogP contribution in [-0.2, 0) is 9.63 Å². The number of hydrogen-bond donors (Lipinski definition) is 2. The van der Waals surface area contributed by atoms with Crippen LogP contribution in [0.2, 0.25) is 0 Å². The molecule has 0 aromatic carbocycles. The van der Waals surface area contributed by atoms with Gasteiger partial charge in [-0.3, -0.25) is 9.63 Å². The monoisotopic (exact) mass is 258 g/mol. The third kappa shape index (κ3) is 3.22. The van der Waals surface area contributed by atoms with Crippen molar-refractivity contribution in [1.82, 2.24) is 10.4 Å². The molecule has 0 spiro atoms. The van der Waals surface area contributed by atoms with Gasteiger partial charge in [0.1, 0.15) is 5.54 Å². The summed E-state index contributed by atoms with van der Waals surface area (Å²) in [5.74, 6) is -0.459. The highest BCUT2D eigenvalue weighted by Gasteiger charge is 2.50. The van der Waals surface area contributed by atoms with E-state index >= 15 is 0 Å². The SMILES string of the molecule is C=CCC(NC(=O)O)(C(=O)N(C)OC)C(C)(C)C. The molecule has 0 bridgehead atoms. The Balaban J connectivity index is 5.67. The predicted octanol–water partition coefficient (Wildman–Crippen LogP) is 1.63. The Morgan fingerprint density at radius 1 is 1.44 bits per heavy atom. The standard InChI is InChI=1S/C12H22N2O4/c1-7-8-12(11(2,3)4,13-10(16)17)9(15)14(5)18-6/h7,13H,1,8H2,2-6H3,(H,16,17). The number of nitrogens with zero attached hydrogens (tertiary/aromatic N) is 1. The van der Waals surface area contributed by atoms with E-state index in [1.54, 1.807) is 20.8 Å². The molecule has 0 saturated heterocycles. The van der Waals surface area contributed by atoms with Crippen molar-refractivity contribution in [3.05, 3.63) is 12.7 Å². The van der Waals surface area contributed by atoms with Gasteiger partial charge in [0.25, 0.3) is 5.91 Å². The molecule has 0 radical (unpaired) electrons. The highest BCUT2D eigenvalue weighted by molar-refractivity contribution is 5.90. The maximum atomic E-state index is 12.4. The van der Waals surface area contributed by atoms with Gasteiger partial charge in [0.2, 0.25) is 0 Å². The number of carbonyl (C=O) groups excluding carboxylic acids is 1. The van der Waals surface area contributed by atoms with E-state index in [1.807, 2.05) is 0 Å². The molecule has 18 heavy (non-hydrogen) atoms. The predicted molar refractivity (Wildman–Crippen MR) is 67.9 cm³/mol. The minimum atomic E-state index is -1.31. The Morgan fingerprint density at radius 3 is 2.22 bits per heavy atom. The van der Waals surface area contributed by atoms with Gasteiger partial charge in [0.05, 0.1) is 7.11 Å². The van der Waals surface area contributed by atoms with Crippen molar-refractivity contribution >= 4 is 12.0 Å². The number of carbonyl (C=O) groups is 2. The molecule has 0 aromatic rings. The van der Waals surface area contributed by atoms with Gasteiger partial charge < -0.3 is 10.4 Å². The molecular formula is C12H22N2O4. The summed E-state index contributed by atoms with van der Waals surface area (Å²) < 4.78 is 0. The molecular weight excluding hydrogens is 236 g/mol. The summed E-state index contributed by atoms with van der Waals surface area (Å²) in [5.41, 5.74) is -1.95. The van der Waals surface area contributed by atoms with Crippen molar-refractivity contribution in [3.8, 4) is 0 Å². The van der Waals surface area contributed by atoms with Crippen LogP contribution in [-0.4, -0.2) is 41.9 Å². The summed E-state index contributed by atoms with van der Waals surface area (Å²) in [6, 6.07) is 0. The zero-order valence-corrected chi connectivity index (χ0v) is 11.6. The fourth-order valence-electron chi connectivity index (χ4n) is 1.76. The van der Waals surface area contributed by atoms with E-state index in [-0.39, 0.29) is 6.42 Å². The van der Waals surface area contributed by atoms with Crippen LogP contribution in [0.5, 0.6) is 0 Å². The smallest absolute Gasteiger partial charge is 0.405 e. The average molecular weight is 258 g/mol. The summed E-state index contributed by atoms with van der Waals surface area (Å²) in [6.07, 6.45) is 0.433. The van der Waals surface area contributed by atoms with Crippen molar-refractivity contribution in [3.63, 3.8) is 0 Å². The first-order valence-electron chi connectivity index (χ1n) is 5.56. The normalized spacial score (nSPS) is 14.5. The van der Waals surface area contributed by atoms with Gasteiger partial charge in [-0.25, -0.2) is 9.86 Å². The van der Waals surface area contributed by atoms with Crippen molar-refractivity contribution in [1.29, 1.82) is 0 Å². The van der Waals surface area contributed by atoms with Gasteiger partial charge in [0, 0.05) is 7.05 Å². The number of nitrogens with one attached hydrogen (secondary N) is 1. The molecule has 0 aliphatic heterocycles. The van der Waals surface area contributed by atoms with Crippen molar-refractivity contribution in [2.45, 2.75) is 32.7 Å². The minimum absolute atomic E-state index is 0.176. The lowest BCUT2D eigenvalue weighted by molar-refractivity contribution is -0.180. The zero-order valence-electron chi connectivity index (χ0n) is 11.6. The van der Waals surface area contributed by atoms with E-state index in [0.29, 0.717) is 0 Å². The number of hydroxylamine groups is 2. The van der Waals surface area contributed by atoms with Gasteiger partial charge >= 0.3 is 6.09 Å². The topological polar surface area (TPSA) is 78.9 Å². The maximum absolute atomic E-state index is 12.4. The lowest BCUT2D eigenvalue weighted by Gasteiger charge is -2.43. The second-order valence-electron chi connectivity index (χ2n) is 5.06. The molecule has 2 N–H and O–H groups in total. The highest BCUT2D eigenvalue weighted by Crippen LogP contribution is 2.35. The van der Waals surface area contributed by atoms with Crippen LogP contribution < -0.4 is 5.32 Å². The van der Waals surface area contributed by atoms with Crippen LogP contribution in [0.4, 0.5) is 4.79 Å². The molecule has 0 aromatic heterocycles. The first-order chi connectivity index (χ1) is 8.12. The molecule has 0 fully saturated rings. The molecule has 0 heterocycles. The number of amides is 2. The van der Waals surface area contributed by atoms with E-state index in [4.69, 9.17) is 9.94 Å². The van der Waals surface area contributed by atoms with Gasteiger partial charge in [0.15, 0.2) is 0 Å². The number of rotatable bonds is 5. The third-order valence-electron chi connectivity index (χ3n) is 2.98. The first kappa shape index (κ1) is 16.4. The molecule has 6 nitrogen and oxygen atoms in total. The molecule has 104 valence electrons. The number of hydrogen-bond acceptors (Lipinski definition) is 3. The summed E-state index contributed by atoms with van der Waals surface area (Å²) in [6.45, 7) is 8.95. The Labute approximate surface area is 108 Å². The molecule has 0 aliphatic carbocycles. The van der Waals surface area contributed by atoms with E-state index in [0.717, 1.165) is 5.06 Å². The van der Waals surface area contributed by atoms with Crippen molar-refractivity contribution in [2.24, 2.45) is 5.41 Å². The second-order valence-corrected chi connectivity index (χ2v) is 5.06. The minimum Gasteiger partial charge on any atom is -0.465 e. The molecule has 1 unspecified atom stereocenters. The molecule has 0 aliphatic rings. The van der Waals surface area contributed by atoms with Crippen molar-refractivity contribution in [2.75, 3.05) is 14.2 Å². The van der Waals surface area contributed by atoms with E-state index in [1.165, 1.54) is 20.2 Å². The lowest BCUT2D eigenvalue weighted by atomic mass is 9.70. The van der Waals surface area contributed by atoms with Gasteiger partial charge in [-0.05, 0) is 11.8 Å². The second kappa shape index (κ2) is 5.86. The summed E-state index contributed by atoms with van der Waals surface area (Å²) in [4.78, 5) is 28.2. The lowest BCUT2D eigenvalue weighted by Crippen LogP contribution is -2.65. The van der Waals surface area contributed by atoms with Crippen LogP contribution in [0.3, 0.4) is 0 Å². The van der Waals surface area contributed by atoms with Crippen LogP contribution in [0.25, 0.3) is 0 Å². The van der Waals surface area contributed by atoms with Crippen LogP contribution in [0.1, 0.15) is 27.2 Å². The Kier molecular flexibility index (Phi) is 5.35. The fourth-order valence-corrected chi connectivity index (χ4v) is 1.76. The van der Waals surface area contributed by atoms with Crippen LogP contribution in [0, 0.1) is 5.41 Å². The summed E-state index contributed by atoms with van der Waals surface area (Å²) in [7, 11) is 2.79.